The van der Waals surface area contributed by atoms with Gasteiger partial charge in [0.05, 0.1) is 11.1 Å². The zero-order valence-electron chi connectivity index (χ0n) is 12.7. The number of aromatic nitrogens is 2. The van der Waals surface area contributed by atoms with Crippen molar-refractivity contribution >= 4 is 37.4 Å². The van der Waals surface area contributed by atoms with Gasteiger partial charge in [0.15, 0.2) is 0 Å². The lowest BCUT2D eigenvalue weighted by Crippen LogP contribution is -2.52. The molecule has 3 heterocycles. The van der Waals surface area contributed by atoms with Gasteiger partial charge in [-0.15, -0.1) is 11.3 Å². The number of anilines is 1. The predicted octanol–water partition coefficient (Wildman–Crippen LogP) is 1.95. The summed E-state index contributed by atoms with van der Waals surface area (Å²) < 4.78 is 25.0. The zero-order valence-corrected chi connectivity index (χ0v) is 14.4. The van der Waals surface area contributed by atoms with Gasteiger partial charge in [0.25, 0.3) is 0 Å². The fourth-order valence-corrected chi connectivity index (χ4v) is 4.52. The molecule has 8 heteroatoms. The number of thiophene rings is 1. The van der Waals surface area contributed by atoms with E-state index in [1.165, 1.54) is 0 Å². The van der Waals surface area contributed by atoms with Crippen molar-refractivity contribution in [1.29, 1.82) is 0 Å². The van der Waals surface area contributed by atoms with Crippen molar-refractivity contribution in [3.8, 4) is 0 Å². The average molecular weight is 340 g/mol. The van der Waals surface area contributed by atoms with Gasteiger partial charge in [-0.05, 0) is 18.4 Å². The van der Waals surface area contributed by atoms with Gasteiger partial charge in [0.1, 0.15) is 16.5 Å². The van der Waals surface area contributed by atoms with E-state index < -0.39 is 10.0 Å². The molecule has 1 saturated heterocycles. The molecule has 0 bridgehead atoms. The Hall–Kier alpha value is -1.25. The van der Waals surface area contributed by atoms with Crippen molar-refractivity contribution < 1.29 is 8.42 Å². The molecule has 22 heavy (non-hydrogen) atoms. The van der Waals surface area contributed by atoms with Crippen LogP contribution in [0.1, 0.15) is 19.7 Å². The van der Waals surface area contributed by atoms with Crippen LogP contribution in [0.5, 0.6) is 0 Å². The molecule has 1 N–H and O–H groups in total. The summed E-state index contributed by atoms with van der Waals surface area (Å²) in [7, 11) is -3.03. The van der Waals surface area contributed by atoms with Crippen molar-refractivity contribution in [2.45, 2.75) is 20.3 Å². The second-order valence-electron chi connectivity index (χ2n) is 5.45. The number of fused-ring (bicyclic) bond motifs is 1. The fourth-order valence-electron chi connectivity index (χ4n) is 2.49. The SMILES string of the molecule is CCc1nc(NCC2CN(S(=O)(=O)CC)C2)c2ccsc2n1. The smallest absolute Gasteiger partial charge is 0.213 e. The number of rotatable bonds is 6. The Kier molecular flexibility index (Phi) is 4.33. The van der Waals surface area contributed by atoms with Crippen LogP contribution < -0.4 is 5.32 Å². The van der Waals surface area contributed by atoms with Crippen LogP contribution in [0.25, 0.3) is 10.2 Å². The lowest BCUT2D eigenvalue weighted by atomic mass is 10.0. The average Bonchev–Trinajstić information content (AvgIpc) is 2.93. The molecule has 1 aliphatic rings. The first-order valence-corrected chi connectivity index (χ1v) is 9.98. The van der Waals surface area contributed by atoms with Crippen LogP contribution in [0, 0.1) is 5.92 Å². The van der Waals surface area contributed by atoms with Gasteiger partial charge in [0, 0.05) is 32.0 Å². The summed E-state index contributed by atoms with van der Waals surface area (Å²) in [6.45, 7) is 5.66. The molecular weight excluding hydrogens is 320 g/mol. The molecule has 0 aliphatic carbocycles. The molecule has 0 radical (unpaired) electrons. The number of hydrogen-bond acceptors (Lipinski definition) is 6. The maximum atomic E-state index is 11.7. The normalized spacial score (nSPS) is 16.8. The van der Waals surface area contributed by atoms with Crippen LogP contribution in [0.4, 0.5) is 5.82 Å². The molecule has 6 nitrogen and oxygen atoms in total. The molecule has 0 saturated carbocycles. The van der Waals surface area contributed by atoms with Crippen molar-refractivity contribution in [2.75, 3.05) is 30.7 Å². The standard InChI is InChI=1S/C14H20N4O2S2/c1-3-12-16-13(11-5-6-21-14(11)17-12)15-7-10-8-18(9-10)22(19,20)4-2/h5-6,10H,3-4,7-9H2,1-2H3,(H,15,16,17). The second-order valence-corrected chi connectivity index (χ2v) is 8.60. The summed E-state index contributed by atoms with van der Waals surface area (Å²) in [5.74, 6) is 2.21. The Bertz CT molecular complexity index is 766. The Balaban J connectivity index is 1.65. The number of nitrogens with zero attached hydrogens (tertiary/aromatic N) is 3. The molecule has 1 aliphatic heterocycles. The van der Waals surface area contributed by atoms with Gasteiger partial charge in [-0.2, -0.15) is 0 Å². The minimum absolute atomic E-state index is 0.175. The molecule has 0 atom stereocenters. The summed E-state index contributed by atoms with van der Waals surface area (Å²) in [4.78, 5) is 10.1. The first kappa shape index (κ1) is 15.6. The molecule has 120 valence electrons. The monoisotopic (exact) mass is 340 g/mol. The number of hydrogen-bond donors (Lipinski definition) is 1. The van der Waals surface area contributed by atoms with Crippen molar-refractivity contribution in [3.05, 3.63) is 17.3 Å². The summed E-state index contributed by atoms with van der Waals surface area (Å²) >= 11 is 1.61. The first-order chi connectivity index (χ1) is 10.5. The highest BCUT2D eigenvalue weighted by Crippen LogP contribution is 2.26. The largest absolute Gasteiger partial charge is 0.369 e. The summed E-state index contributed by atoms with van der Waals surface area (Å²) in [5, 5.41) is 6.43. The van der Waals surface area contributed by atoms with Crippen LogP contribution in [-0.4, -0.2) is 48.1 Å². The van der Waals surface area contributed by atoms with E-state index >= 15 is 0 Å². The molecule has 0 amide bonds. The van der Waals surface area contributed by atoms with Crippen LogP contribution in [0.2, 0.25) is 0 Å². The summed E-state index contributed by atoms with van der Waals surface area (Å²) in [5.41, 5.74) is 0. The zero-order chi connectivity index (χ0) is 15.7. The van der Waals surface area contributed by atoms with Gasteiger partial charge in [-0.1, -0.05) is 6.92 Å². The number of sulfonamides is 1. The van der Waals surface area contributed by atoms with Crippen molar-refractivity contribution in [3.63, 3.8) is 0 Å². The van der Waals surface area contributed by atoms with Gasteiger partial charge in [0.2, 0.25) is 10.0 Å². The highest BCUT2D eigenvalue weighted by atomic mass is 32.2. The lowest BCUT2D eigenvalue weighted by Gasteiger charge is -2.38. The molecular formula is C14H20N4O2S2. The molecule has 2 aromatic rings. The Morgan fingerprint density at radius 1 is 1.36 bits per heavy atom. The molecule has 3 rings (SSSR count). The Morgan fingerprint density at radius 2 is 2.14 bits per heavy atom. The number of nitrogens with one attached hydrogen (secondary N) is 1. The molecule has 2 aromatic heterocycles. The van der Waals surface area contributed by atoms with E-state index in [1.807, 2.05) is 18.4 Å². The third-order valence-electron chi connectivity index (χ3n) is 3.93. The van der Waals surface area contributed by atoms with Gasteiger partial charge < -0.3 is 5.32 Å². The quantitative estimate of drug-likeness (QED) is 0.870. The van der Waals surface area contributed by atoms with E-state index in [9.17, 15) is 8.42 Å². The maximum absolute atomic E-state index is 11.7. The van der Waals surface area contributed by atoms with E-state index in [0.717, 1.165) is 34.8 Å². The number of aryl methyl sites for hydroxylation is 1. The first-order valence-electron chi connectivity index (χ1n) is 7.49. The van der Waals surface area contributed by atoms with Gasteiger partial charge >= 0.3 is 0 Å². The third kappa shape index (κ3) is 2.95. The molecule has 0 unspecified atom stereocenters. The minimum atomic E-state index is -3.03. The van der Waals surface area contributed by atoms with E-state index in [1.54, 1.807) is 22.6 Å². The van der Waals surface area contributed by atoms with Crippen molar-refractivity contribution in [1.82, 2.24) is 14.3 Å². The highest BCUT2D eigenvalue weighted by molar-refractivity contribution is 7.89. The van der Waals surface area contributed by atoms with E-state index in [4.69, 9.17) is 0 Å². The molecule has 0 spiro atoms. The molecule has 1 fully saturated rings. The summed E-state index contributed by atoms with van der Waals surface area (Å²) in [6, 6.07) is 2.02. The van der Waals surface area contributed by atoms with Gasteiger partial charge in [-0.25, -0.2) is 22.7 Å². The Labute approximate surface area is 134 Å². The maximum Gasteiger partial charge on any atom is 0.213 e. The van der Waals surface area contributed by atoms with E-state index in [2.05, 4.69) is 15.3 Å². The van der Waals surface area contributed by atoms with Crippen LogP contribution in [0.3, 0.4) is 0 Å². The van der Waals surface area contributed by atoms with Crippen molar-refractivity contribution in [2.24, 2.45) is 5.92 Å². The van der Waals surface area contributed by atoms with Crippen LogP contribution in [-0.2, 0) is 16.4 Å². The van der Waals surface area contributed by atoms with Gasteiger partial charge in [-0.3, -0.25) is 0 Å². The third-order valence-corrected chi connectivity index (χ3v) is 6.55. The summed E-state index contributed by atoms with van der Waals surface area (Å²) in [6.07, 6.45) is 0.800. The van der Waals surface area contributed by atoms with E-state index in [0.29, 0.717) is 19.0 Å². The van der Waals surface area contributed by atoms with E-state index in [-0.39, 0.29) is 5.75 Å². The van der Waals surface area contributed by atoms with Crippen LogP contribution in [0.15, 0.2) is 11.4 Å². The highest BCUT2D eigenvalue weighted by Gasteiger charge is 2.34. The topological polar surface area (TPSA) is 75.2 Å². The van der Waals surface area contributed by atoms with Crippen LogP contribution >= 0.6 is 11.3 Å². The lowest BCUT2D eigenvalue weighted by molar-refractivity contribution is 0.212. The predicted molar refractivity (Wildman–Crippen MR) is 89.8 cm³/mol. The minimum Gasteiger partial charge on any atom is -0.369 e. The second kappa shape index (κ2) is 6.10. The Morgan fingerprint density at radius 3 is 2.82 bits per heavy atom. The molecule has 0 aromatic carbocycles. The fraction of sp³-hybridized carbons (Fsp3) is 0.571.